The van der Waals surface area contributed by atoms with Crippen LogP contribution in [0.1, 0.15) is 19.8 Å². The summed E-state index contributed by atoms with van der Waals surface area (Å²) in [5.41, 5.74) is 0. The Labute approximate surface area is 112 Å². The van der Waals surface area contributed by atoms with Crippen LogP contribution in [0.4, 0.5) is 13.2 Å². The number of likely N-dealkylation sites (N-methyl/N-ethyl adjacent to an activating group) is 1. The van der Waals surface area contributed by atoms with Crippen molar-refractivity contribution in [3.63, 3.8) is 0 Å². The molecule has 0 radical (unpaired) electrons. The molecule has 1 saturated heterocycles. The Morgan fingerprint density at radius 3 is 2.56 bits per heavy atom. The summed E-state index contributed by atoms with van der Waals surface area (Å²) in [5, 5.41) is 12.3. The number of hydrogen-bond donors (Lipinski definition) is 2. The van der Waals surface area contributed by atoms with E-state index in [9.17, 15) is 13.2 Å². The van der Waals surface area contributed by atoms with Gasteiger partial charge < -0.3 is 15.3 Å². The topological polar surface area (TPSA) is 35.5 Å². The van der Waals surface area contributed by atoms with Gasteiger partial charge in [0.15, 0.2) is 6.10 Å². The predicted molar refractivity (Wildman–Crippen MR) is 67.0 cm³/mol. The summed E-state index contributed by atoms with van der Waals surface area (Å²) in [4.78, 5) is 1.68. The second-order valence-electron chi connectivity index (χ2n) is 4.62. The summed E-state index contributed by atoms with van der Waals surface area (Å²) in [6.07, 6.45) is -4.63. The second-order valence-corrected chi connectivity index (χ2v) is 4.62. The minimum absolute atomic E-state index is 0. The van der Waals surface area contributed by atoms with E-state index in [2.05, 4.69) is 5.32 Å². The summed E-state index contributed by atoms with van der Waals surface area (Å²) in [5.74, 6) is 0.393. The van der Waals surface area contributed by atoms with Crippen molar-refractivity contribution in [3.8, 4) is 0 Å². The lowest BCUT2D eigenvalue weighted by molar-refractivity contribution is -0.208. The smallest absolute Gasteiger partial charge is 0.382 e. The molecule has 1 heterocycles. The van der Waals surface area contributed by atoms with Gasteiger partial charge in [0.2, 0.25) is 0 Å². The lowest BCUT2D eigenvalue weighted by Crippen LogP contribution is -2.44. The molecule has 0 aromatic rings. The molecule has 1 fully saturated rings. The average molecular weight is 291 g/mol. The number of hydrogen-bond acceptors (Lipinski definition) is 3. The molecular formula is C11H22ClF3N2O. The largest absolute Gasteiger partial charge is 0.415 e. The van der Waals surface area contributed by atoms with Crippen molar-refractivity contribution in [2.75, 3.05) is 32.7 Å². The van der Waals surface area contributed by atoms with Gasteiger partial charge in [0, 0.05) is 13.1 Å². The Balaban J connectivity index is 0.00000289. The zero-order valence-corrected chi connectivity index (χ0v) is 11.4. The maximum atomic E-state index is 12.2. The van der Waals surface area contributed by atoms with Gasteiger partial charge in [-0.15, -0.1) is 12.4 Å². The van der Waals surface area contributed by atoms with Crippen molar-refractivity contribution in [2.24, 2.45) is 5.92 Å². The van der Waals surface area contributed by atoms with Gasteiger partial charge in [-0.1, -0.05) is 6.92 Å². The molecule has 2 unspecified atom stereocenters. The van der Waals surface area contributed by atoms with Gasteiger partial charge >= 0.3 is 6.18 Å². The molecule has 0 aromatic heterocycles. The van der Waals surface area contributed by atoms with E-state index in [0.29, 0.717) is 19.0 Å². The highest BCUT2D eigenvalue weighted by Crippen LogP contribution is 2.21. The Hall–Kier alpha value is -0.0400. The molecule has 0 aromatic carbocycles. The molecule has 0 amide bonds. The number of halogens is 4. The number of aliphatic hydroxyl groups excluding tert-OH is 1. The molecule has 0 saturated carbocycles. The van der Waals surface area contributed by atoms with Crippen LogP contribution >= 0.6 is 12.4 Å². The van der Waals surface area contributed by atoms with Crippen LogP contribution in [-0.2, 0) is 0 Å². The van der Waals surface area contributed by atoms with E-state index in [1.54, 1.807) is 4.90 Å². The highest BCUT2D eigenvalue weighted by Gasteiger charge is 2.39. The maximum Gasteiger partial charge on any atom is 0.415 e. The second kappa shape index (κ2) is 8.19. The Bertz CT molecular complexity index is 223. The van der Waals surface area contributed by atoms with E-state index in [1.165, 1.54) is 0 Å². The van der Waals surface area contributed by atoms with Crippen LogP contribution in [0, 0.1) is 5.92 Å². The molecule has 2 atom stereocenters. The van der Waals surface area contributed by atoms with Crippen LogP contribution in [0.2, 0.25) is 0 Å². The van der Waals surface area contributed by atoms with Crippen LogP contribution in [-0.4, -0.2) is 55.0 Å². The van der Waals surface area contributed by atoms with Gasteiger partial charge in [-0.2, -0.15) is 13.2 Å². The van der Waals surface area contributed by atoms with Crippen molar-refractivity contribution in [1.29, 1.82) is 0 Å². The third kappa shape index (κ3) is 6.22. The standard InChI is InChI=1S/C11H21F3N2O.ClH/c1-2-16(8-10(17)11(12,13)14)7-9-4-3-5-15-6-9;/h9-10,15,17H,2-8H2,1H3;1H. The molecule has 3 nitrogen and oxygen atoms in total. The van der Waals surface area contributed by atoms with E-state index in [0.717, 1.165) is 25.9 Å². The maximum absolute atomic E-state index is 12.2. The van der Waals surface area contributed by atoms with Crippen LogP contribution in [0.5, 0.6) is 0 Å². The fourth-order valence-corrected chi connectivity index (χ4v) is 2.13. The lowest BCUT2D eigenvalue weighted by Gasteiger charge is -2.31. The predicted octanol–water partition coefficient (Wildman–Crippen LogP) is 1.65. The number of alkyl halides is 3. The summed E-state index contributed by atoms with van der Waals surface area (Å²) in [6, 6.07) is 0. The third-order valence-electron chi connectivity index (χ3n) is 3.17. The van der Waals surface area contributed by atoms with Gasteiger partial charge in [-0.25, -0.2) is 0 Å². The summed E-state index contributed by atoms with van der Waals surface area (Å²) in [7, 11) is 0. The first kappa shape index (κ1) is 18.0. The summed E-state index contributed by atoms with van der Waals surface area (Å²) in [6.45, 7) is 4.50. The normalized spacial score (nSPS) is 22.7. The lowest BCUT2D eigenvalue weighted by atomic mass is 9.99. The number of aliphatic hydroxyl groups is 1. The van der Waals surface area contributed by atoms with Crippen LogP contribution in [0.3, 0.4) is 0 Å². The minimum Gasteiger partial charge on any atom is -0.382 e. The monoisotopic (exact) mass is 290 g/mol. The van der Waals surface area contributed by atoms with E-state index in [4.69, 9.17) is 5.11 Å². The highest BCUT2D eigenvalue weighted by molar-refractivity contribution is 5.85. The molecule has 1 rings (SSSR count). The molecule has 2 N–H and O–H groups in total. The molecular weight excluding hydrogens is 269 g/mol. The Morgan fingerprint density at radius 1 is 1.44 bits per heavy atom. The molecule has 0 aliphatic carbocycles. The number of nitrogens with one attached hydrogen (secondary N) is 1. The van der Waals surface area contributed by atoms with Gasteiger partial charge in [0.25, 0.3) is 0 Å². The van der Waals surface area contributed by atoms with Gasteiger partial charge in [-0.3, -0.25) is 0 Å². The van der Waals surface area contributed by atoms with E-state index >= 15 is 0 Å². The fourth-order valence-electron chi connectivity index (χ4n) is 2.13. The van der Waals surface area contributed by atoms with Crippen LogP contribution in [0.15, 0.2) is 0 Å². The third-order valence-corrected chi connectivity index (χ3v) is 3.17. The summed E-state index contributed by atoms with van der Waals surface area (Å²) >= 11 is 0. The zero-order valence-electron chi connectivity index (χ0n) is 10.5. The first-order valence-corrected chi connectivity index (χ1v) is 6.11. The van der Waals surface area contributed by atoms with Crippen LogP contribution in [0.25, 0.3) is 0 Å². The Kier molecular flexibility index (Phi) is 8.18. The highest BCUT2D eigenvalue weighted by atomic mass is 35.5. The fraction of sp³-hybridized carbons (Fsp3) is 1.00. The molecule has 1 aliphatic heterocycles. The van der Waals surface area contributed by atoms with E-state index in [-0.39, 0.29) is 19.0 Å². The number of rotatable bonds is 5. The quantitative estimate of drug-likeness (QED) is 0.808. The number of nitrogens with zero attached hydrogens (tertiary/aromatic N) is 1. The van der Waals surface area contributed by atoms with Crippen molar-refractivity contribution in [2.45, 2.75) is 32.0 Å². The minimum atomic E-state index is -4.52. The van der Waals surface area contributed by atoms with E-state index < -0.39 is 12.3 Å². The first-order valence-electron chi connectivity index (χ1n) is 6.11. The molecule has 110 valence electrons. The number of piperidine rings is 1. The molecule has 7 heteroatoms. The van der Waals surface area contributed by atoms with Crippen LogP contribution < -0.4 is 5.32 Å². The average Bonchev–Trinajstić information content (AvgIpc) is 2.28. The molecule has 18 heavy (non-hydrogen) atoms. The van der Waals surface area contributed by atoms with Crippen molar-refractivity contribution in [1.82, 2.24) is 10.2 Å². The first-order chi connectivity index (χ1) is 7.93. The Morgan fingerprint density at radius 2 is 2.11 bits per heavy atom. The zero-order chi connectivity index (χ0) is 12.9. The summed E-state index contributed by atoms with van der Waals surface area (Å²) < 4.78 is 36.7. The SMILES string of the molecule is CCN(CC1CCCNC1)CC(O)C(F)(F)F.Cl. The van der Waals surface area contributed by atoms with Crippen molar-refractivity contribution < 1.29 is 18.3 Å². The van der Waals surface area contributed by atoms with Gasteiger partial charge in [-0.05, 0) is 38.4 Å². The van der Waals surface area contributed by atoms with Gasteiger partial charge in [0.05, 0.1) is 0 Å². The van der Waals surface area contributed by atoms with Crippen molar-refractivity contribution >= 4 is 12.4 Å². The molecule has 0 spiro atoms. The van der Waals surface area contributed by atoms with E-state index in [1.807, 2.05) is 6.92 Å². The van der Waals surface area contributed by atoms with Crippen molar-refractivity contribution in [3.05, 3.63) is 0 Å². The molecule has 1 aliphatic rings. The molecule has 0 bridgehead atoms. The van der Waals surface area contributed by atoms with Gasteiger partial charge in [0.1, 0.15) is 0 Å².